The fourth-order valence-electron chi connectivity index (χ4n) is 1.37. The number of methoxy groups -OCH3 is 1. The highest BCUT2D eigenvalue weighted by Gasteiger charge is 2.20. The molecule has 0 spiro atoms. The Balaban J connectivity index is 3.26. The average molecular weight is 224 g/mol. The molecule has 0 aliphatic heterocycles. The Bertz CT molecular complexity index is 443. The summed E-state index contributed by atoms with van der Waals surface area (Å²) >= 11 is 0. The van der Waals surface area contributed by atoms with Crippen molar-refractivity contribution in [3.8, 4) is 0 Å². The van der Waals surface area contributed by atoms with Crippen molar-refractivity contribution in [1.82, 2.24) is 0 Å². The van der Waals surface area contributed by atoms with E-state index < -0.39 is 10.9 Å². The predicted octanol–water partition coefficient (Wildman–Crippen LogP) is 1.20. The minimum absolute atomic E-state index is 0.114. The highest BCUT2D eigenvalue weighted by Crippen LogP contribution is 2.27. The van der Waals surface area contributed by atoms with Crippen molar-refractivity contribution >= 4 is 17.3 Å². The van der Waals surface area contributed by atoms with Gasteiger partial charge >= 0.3 is 5.97 Å². The molecule has 2 N–H and O–H groups in total. The number of hydrogen-bond donors (Lipinski definition) is 1. The third-order valence-corrected chi connectivity index (χ3v) is 2.36. The van der Waals surface area contributed by atoms with Crippen molar-refractivity contribution < 1.29 is 14.5 Å². The minimum Gasteiger partial charge on any atom is -0.469 e. The lowest BCUT2D eigenvalue weighted by molar-refractivity contribution is -0.385. The molecule has 6 nitrogen and oxygen atoms in total. The summed E-state index contributed by atoms with van der Waals surface area (Å²) in [6.45, 7) is 1.64. The molecular formula is C10H12N2O4. The van der Waals surface area contributed by atoms with E-state index in [1.54, 1.807) is 6.92 Å². The second-order valence-corrected chi connectivity index (χ2v) is 3.29. The lowest BCUT2D eigenvalue weighted by Crippen LogP contribution is -2.09. The summed E-state index contributed by atoms with van der Waals surface area (Å²) in [6, 6.07) is 2.74. The Morgan fingerprint density at radius 2 is 2.19 bits per heavy atom. The van der Waals surface area contributed by atoms with E-state index in [-0.39, 0.29) is 12.1 Å². The molecule has 16 heavy (non-hydrogen) atoms. The van der Waals surface area contributed by atoms with Gasteiger partial charge in [-0.2, -0.15) is 0 Å². The number of nitrogens with two attached hydrogens (primary N) is 1. The number of rotatable bonds is 3. The molecule has 0 saturated carbocycles. The SMILES string of the molecule is COC(=O)Cc1c([N+](=O)[O-])ccc(N)c1C. The van der Waals surface area contributed by atoms with Crippen LogP contribution in [-0.4, -0.2) is 18.0 Å². The normalized spacial score (nSPS) is 9.88. The molecule has 6 heteroatoms. The zero-order valence-corrected chi connectivity index (χ0v) is 9.02. The standard InChI is InChI=1S/C10H12N2O4/c1-6-7(5-10(13)16-2)9(12(14)15)4-3-8(6)11/h3-4H,5,11H2,1-2H3. The van der Waals surface area contributed by atoms with Crippen LogP contribution in [0.15, 0.2) is 12.1 Å². The first kappa shape index (κ1) is 12.0. The zero-order valence-electron chi connectivity index (χ0n) is 9.02. The van der Waals surface area contributed by atoms with Crippen LogP contribution in [0.5, 0.6) is 0 Å². The van der Waals surface area contributed by atoms with Crippen molar-refractivity contribution in [1.29, 1.82) is 0 Å². The van der Waals surface area contributed by atoms with Crippen LogP contribution < -0.4 is 5.73 Å². The summed E-state index contributed by atoms with van der Waals surface area (Å²) in [5.74, 6) is -0.531. The van der Waals surface area contributed by atoms with Crippen LogP contribution in [0.1, 0.15) is 11.1 Å². The van der Waals surface area contributed by atoms with Gasteiger partial charge in [0.25, 0.3) is 5.69 Å². The Hall–Kier alpha value is -2.11. The van der Waals surface area contributed by atoms with E-state index in [1.165, 1.54) is 19.2 Å². The number of anilines is 1. The second-order valence-electron chi connectivity index (χ2n) is 3.29. The second kappa shape index (κ2) is 4.61. The van der Waals surface area contributed by atoms with Gasteiger partial charge in [0.05, 0.1) is 18.5 Å². The third-order valence-electron chi connectivity index (χ3n) is 2.36. The first-order valence-electron chi connectivity index (χ1n) is 4.56. The molecule has 86 valence electrons. The zero-order chi connectivity index (χ0) is 12.3. The summed E-state index contributed by atoms with van der Waals surface area (Å²) in [7, 11) is 1.23. The summed E-state index contributed by atoms with van der Waals surface area (Å²) in [4.78, 5) is 21.4. The number of nitro benzene ring substituents is 1. The average Bonchev–Trinajstić information content (AvgIpc) is 2.24. The summed E-state index contributed by atoms with van der Waals surface area (Å²) in [6.07, 6.45) is -0.149. The molecule has 0 bridgehead atoms. The number of carbonyl (C=O) groups is 1. The van der Waals surface area contributed by atoms with E-state index in [4.69, 9.17) is 5.73 Å². The van der Waals surface area contributed by atoms with Crippen LogP contribution >= 0.6 is 0 Å². The van der Waals surface area contributed by atoms with Crippen LogP contribution in [0.3, 0.4) is 0 Å². The Morgan fingerprint density at radius 1 is 1.56 bits per heavy atom. The maximum atomic E-state index is 11.1. The van der Waals surface area contributed by atoms with Crippen molar-refractivity contribution in [3.63, 3.8) is 0 Å². The lowest BCUT2D eigenvalue weighted by atomic mass is 10.0. The molecule has 0 aliphatic carbocycles. The largest absolute Gasteiger partial charge is 0.469 e. The summed E-state index contributed by atoms with van der Waals surface area (Å²) < 4.78 is 4.48. The number of nitrogen functional groups attached to an aromatic ring is 1. The fourth-order valence-corrected chi connectivity index (χ4v) is 1.37. The van der Waals surface area contributed by atoms with Crippen molar-refractivity contribution in [3.05, 3.63) is 33.4 Å². The number of nitrogens with zero attached hydrogens (tertiary/aromatic N) is 1. The quantitative estimate of drug-likeness (QED) is 0.360. The van der Waals surface area contributed by atoms with E-state index in [2.05, 4.69) is 4.74 Å². The van der Waals surface area contributed by atoms with E-state index in [1.807, 2.05) is 0 Å². The van der Waals surface area contributed by atoms with Gasteiger partial charge in [-0.25, -0.2) is 0 Å². The molecule has 0 amide bonds. The molecule has 0 fully saturated rings. The smallest absolute Gasteiger partial charge is 0.310 e. The Kier molecular flexibility index (Phi) is 3.44. The van der Waals surface area contributed by atoms with Crippen molar-refractivity contribution in [2.45, 2.75) is 13.3 Å². The fraction of sp³-hybridized carbons (Fsp3) is 0.300. The predicted molar refractivity (Wildman–Crippen MR) is 58.0 cm³/mol. The molecule has 0 unspecified atom stereocenters. The number of ether oxygens (including phenoxy) is 1. The minimum atomic E-state index is -0.537. The number of nitro groups is 1. The molecule has 1 rings (SSSR count). The van der Waals surface area contributed by atoms with E-state index in [0.717, 1.165) is 0 Å². The highest BCUT2D eigenvalue weighted by atomic mass is 16.6. The van der Waals surface area contributed by atoms with Gasteiger partial charge in [-0.15, -0.1) is 0 Å². The maximum Gasteiger partial charge on any atom is 0.310 e. The van der Waals surface area contributed by atoms with Crippen molar-refractivity contribution in [2.24, 2.45) is 0 Å². The molecule has 0 aliphatic rings. The first-order valence-corrected chi connectivity index (χ1v) is 4.56. The molecule has 0 heterocycles. The molecule has 1 aromatic rings. The van der Waals surface area contributed by atoms with Crippen LogP contribution in [0.25, 0.3) is 0 Å². The van der Waals surface area contributed by atoms with Crippen LogP contribution in [0.2, 0.25) is 0 Å². The summed E-state index contributed by atoms with van der Waals surface area (Å²) in [5, 5.41) is 10.8. The molecule has 0 atom stereocenters. The molecule has 0 radical (unpaired) electrons. The van der Waals surface area contributed by atoms with E-state index >= 15 is 0 Å². The van der Waals surface area contributed by atoms with Crippen LogP contribution in [0.4, 0.5) is 11.4 Å². The van der Waals surface area contributed by atoms with Crippen LogP contribution in [0, 0.1) is 17.0 Å². The number of esters is 1. The van der Waals surface area contributed by atoms with Gasteiger partial charge in [-0.3, -0.25) is 14.9 Å². The molecule has 0 aromatic heterocycles. The Labute approximate surface area is 92.2 Å². The topological polar surface area (TPSA) is 95.5 Å². The molecule has 0 saturated heterocycles. The van der Waals surface area contributed by atoms with Gasteiger partial charge in [0, 0.05) is 17.3 Å². The van der Waals surface area contributed by atoms with Crippen LogP contribution in [-0.2, 0) is 16.0 Å². The van der Waals surface area contributed by atoms with Gasteiger partial charge < -0.3 is 10.5 Å². The first-order chi connectivity index (χ1) is 7.47. The third kappa shape index (κ3) is 2.28. The number of hydrogen-bond acceptors (Lipinski definition) is 5. The molecular weight excluding hydrogens is 212 g/mol. The van der Waals surface area contributed by atoms with Gasteiger partial charge in [-0.1, -0.05) is 0 Å². The van der Waals surface area contributed by atoms with Gasteiger partial charge in [-0.05, 0) is 18.6 Å². The molecule has 1 aromatic carbocycles. The van der Waals surface area contributed by atoms with Gasteiger partial charge in [0.1, 0.15) is 0 Å². The van der Waals surface area contributed by atoms with Gasteiger partial charge in [0.2, 0.25) is 0 Å². The van der Waals surface area contributed by atoms with E-state index in [9.17, 15) is 14.9 Å². The highest BCUT2D eigenvalue weighted by molar-refractivity contribution is 5.76. The van der Waals surface area contributed by atoms with Crippen molar-refractivity contribution in [2.75, 3.05) is 12.8 Å². The summed E-state index contributed by atoms with van der Waals surface area (Å²) in [5.41, 5.74) is 6.78. The monoisotopic (exact) mass is 224 g/mol. The lowest BCUT2D eigenvalue weighted by Gasteiger charge is -2.08. The maximum absolute atomic E-state index is 11.1. The van der Waals surface area contributed by atoms with Gasteiger partial charge in [0.15, 0.2) is 0 Å². The number of benzene rings is 1. The number of carbonyl (C=O) groups excluding carboxylic acids is 1. The van der Waals surface area contributed by atoms with E-state index in [0.29, 0.717) is 16.8 Å². The Morgan fingerprint density at radius 3 is 2.69 bits per heavy atom.